The number of aromatic nitrogens is 2. The van der Waals surface area contributed by atoms with E-state index in [-0.39, 0.29) is 12.0 Å². The first kappa shape index (κ1) is 17.2. The van der Waals surface area contributed by atoms with E-state index in [9.17, 15) is 5.11 Å². The Balaban J connectivity index is 1.71. The standard InChI is InChI=1S/C19H30N4O/c1-19(2,3)16-6-9-22(10-7-16)17-11-18(21-14-20-17)23-8-4-5-15(12-23)13-24/h6,11,14-15,24H,4-5,7-10,12-13H2,1-3H3/t15-/m1/s1. The molecule has 2 aliphatic heterocycles. The maximum atomic E-state index is 9.43. The lowest BCUT2D eigenvalue weighted by Gasteiger charge is -2.34. The fraction of sp³-hybridized carbons (Fsp3) is 0.684. The quantitative estimate of drug-likeness (QED) is 0.864. The van der Waals surface area contributed by atoms with E-state index in [1.54, 1.807) is 6.33 Å². The van der Waals surface area contributed by atoms with Crippen LogP contribution in [0.4, 0.5) is 11.6 Å². The topological polar surface area (TPSA) is 52.5 Å². The lowest BCUT2D eigenvalue weighted by molar-refractivity contribution is 0.208. The highest BCUT2D eigenvalue weighted by molar-refractivity contribution is 5.51. The molecule has 0 aliphatic carbocycles. The largest absolute Gasteiger partial charge is 0.396 e. The molecule has 0 saturated carbocycles. The van der Waals surface area contributed by atoms with E-state index in [1.807, 2.05) is 0 Å². The average molecular weight is 330 g/mol. The van der Waals surface area contributed by atoms with Gasteiger partial charge in [0.15, 0.2) is 0 Å². The average Bonchev–Trinajstić information content (AvgIpc) is 2.61. The summed E-state index contributed by atoms with van der Waals surface area (Å²) in [6.07, 6.45) is 7.35. The maximum absolute atomic E-state index is 9.43. The molecule has 3 rings (SSSR count). The van der Waals surface area contributed by atoms with Gasteiger partial charge in [-0.15, -0.1) is 0 Å². The lowest BCUT2D eigenvalue weighted by Crippen LogP contribution is -2.37. The third kappa shape index (κ3) is 3.89. The Morgan fingerprint density at radius 3 is 2.54 bits per heavy atom. The number of piperidine rings is 1. The summed E-state index contributed by atoms with van der Waals surface area (Å²) in [5, 5.41) is 9.43. The van der Waals surface area contributed by atoms with Gasteiger partial charge in [0.25, 0.3) is 0 Å². The highest BCUT2D eigenvalue weighted by atomic mass is 16.3. The summed E-state index contributed by atoms with van der Waals surface area (Å²) in [4.78, 5) is 13.6. The zero-order valence-corrected chi connectivity index (χ0v) is 15.2. The molecule has 0 radical (unpaired) electrons. The van der Waals surface area contributed by atoms with Crippen molar-refractivity contribution in [1.82, 2.24) is 9.97 Å². The molecule has 0 amide bonds. The molecule has 1 aromatic heterocycles. The maximum Gasteiger partial charge on any atom is 0.134 e. The molecule has 0 unspecified atom stereocenters. The Labute approximate surface area is 145 Å². The van der Waals surface area contributed by atoms with Crippen LogP contribution in [-0.4, -0.2) is 47.9 Å². The van der Waals surface area contributed by atoms with Gasteiger partial charge in [0.05, 0.1) is 0 Å². The molecule has 1 saturated heterocycles. The predicted molar refractivity (Wildman–Crippen MR) is 98.4 cm³/mol. The van der Waals surface area contributed by atoms with Crippen LogP contribution < -0.4 is 9.80 Å². The predicted octanol–water partition coefficient (Wildman–Crippen LogP) is 2.87. The second-order valence-corrected chi connectivity index (χ2v) is 8.05. The lowest BCUT2D eigenvalue weighted by atomic mass is 9.83. The number of aliphatic hydroxyl groups excluding tert-OH is 1. The first-order valence-electron chi connectivity index (χ1n) is 9.09. The van der Waals surface area contributed by atoms with Gasteiger partial charge in [-0.1, -0.05) is 32.4 Å². The van der Waals surface area contributed by atoms with Gasteiger partial charge in [0.2, 0.25) is 0 Å². The molecule has 1 N–H and O–H groups in total. The van der Waals surface area contributed by atoms with Crippen LogP contribution in [-0.2, 0) is 0 Å². The SMILES string of the molecule is CC(C)(C)C1=CCN(c2cc(N3CCC[C@@H](CO)C3)ncn2)CC1. The fourth-order valence-corrected chi connectivity index (χ4v) is 3.66. The van der Waals surface area contributed by atoms with Crippen molar-refractivity contribution >= 4 is 11.6 Å². The smallest absolute Gasteiger partial charge is 0.134 e. The third-order valence-corrected chi connectivity index (χ3v) is 5.24. The Kier molecular flexibility index (Phi) is 5.09. The van der Waals surface area contributed by atoms with Crippen molar-refractivity contribution in [3.8, 4) is 0 Å². The van der Waals surface area contributed by atoms with E-state index in [0.29, 0.717) is 5.92 Å². The van der Waals surface area contributed by atoms with Crippen LogP contribution in [0.1, 0.15) is 40.0 Å². The number of hydrogen-bond donors (Lipinski definition) is 1. The number of nitrogens with zero attached hydrogens (tertiary/aromatic N) is 4. The minimum Gasteiger partial charge on any atom is -0.396 e. The van der Waals surface area contributed by atoms with E-state index >= 15 is 0 Å². The Morgan fingerprint density at radius 2 is 1.92 bits per heavy atom. The summed E-state index contributed by atoms with van der Waals surface area (Å²) in [6.45, 7) is 11.0. The van der Waals surface area contributed by atoms with E-state index in [0.717, 1.165) is 57.1 Å². The zero-order chi connectivity index (χ0) is 17.2. The molecule has 0 spiro atoms. The number of anilines is 2. The van der Waals surface area contributed by atoms with E-state index in [4.69, 9.17) is 0 Å². The van der Waals surface area contributed by atoms with Gasteiger partial charge in [-0.25, -0.2) is 9.97 Å². The van der Waals surface area contributed by atoms with Crippen molar-refractivity contribution in [3.63, 3.8) is 0 Å². The van der Waals surface area contributed by atoms with Crippen molar-refractivity contribution in [2.45, 2.75) is 40.0 Å². The van der Waals surface area contributed by atoms with Crippen LogP contribution in [0, 0.1) is 11.3 Å². The minimum absolute atomic E-state index is 0.260. The van der Waals surface area contributed by atoms with Crippen molar-refractivity contribution < 1.29 is 5.11 Å². The van der Waals surface area contributed by atoms with Gasteiger partial charge >= 0.3 is 0 Å². The molecule has 5 heteroatoms. The van der Waals surface area contributed by atoms with Crippen molar-refractivity contribution in [3.05, 3.63) is 24.0 Å². The number of rotatable bonds is 3. The summed E-state index contributed by atoms with van der Waals surface area (Å²) < 4.78 is 0. The molecule has 24 heavy (non-hydrogen) atoms. The summed E-state index contributed by atoms with van der Waals surface area (Å²) in [5.41, 5.74) is 1.80. The third-order valence-electron chi connectivity index (χ3n) is 5.24. The van der Waals surface area contributed by atoms with Crippen LogP contribution in [0.25, 0.3) is 0 Å². The first-order chi connectivity index (χ1) is 11.5. The molecular weight excluding hydrogens is 300 g/mol. The summed E-state index contributed by atoms with van der Waals surface area (Å²) in [6, 6.07) is 2.11. The molecule has 2 aliphatic rings. The van der Waals surface area contributed by atoms with Crippen molar-refractivity contribution in [2.24, 2.45) is 11.3 Å². The van der Waals surface area contributed by atoms with E-state index in [1.165, 1.54) is 5.57 Å². The van der Waals surface area contributed by atoms with Crippen LogP contribution >= 0.6 is 0 Å². The summed E-state index contributed by atoms with van der Waals surface area (Å²) in [7, 11) is 0. The van der Waals surface area contributed by atoms with Gasteiger partial charge < -0.3 is 14.9 Å². The molecule has 0 aromatic carbocycles. The Hall–Kier alpha value is -1.62. The van der Waals surface area contributed by atoms with Gasteiger partial charge in [-0.05, 0) is 30.6 Å². The minimum atomic E-state index is 0.260. The second kappa shape index (κ2) is 7.09. The van der Waals surface area contributed by atoms with E-state index in [2.05, 4.69) is 52.7 Å². The summed E-state index contributed by atoms with van der Waals surface area (Å²) in [5.74, 6) is 2.36. The molecule has 3 heterocycles. The molecule has 1 fully saturated rings. The molecular formula is C19H30N4O. The first-order valence-corrected chi connectivity index (χ1v) is 9.09. The monoisotopic (exact) mass is 330 g/mol. The van der Waals surface area contributed by atoms with Crippen molar-refractivity contribution in [2.75, 3.05) is 42.6 Å². The summed E-state index contributed by atoms with van der Waals surface area (Å²) >= 11 is 0. The zero-order valence-electron chi connectivity index (χ0n) is 15.2. The van der Waals surface area contributed by atoms with Gasteiger partial charge in [-0.2, -0.15) is 0 Å². The molecule has 1 aromatic rings. The highest BCUT2D eigenvalue weighted by Gasteiger charge is 2.24. The Morgan fingerprint density at radius 1 is 1.17 bits per heavy atom. The Bertz CT molecular complexity index is 593. The van der Waals surface area contributed by atoms with Crippen LogP contribution in [0.5, 0.6) is 0 Å². The van der Waals surface area contributed by atoms with Crippen molar-refractivity contribution in [1.29, 1.82) is 0 Å². The van der Waals surface area contributed by atoms with Gasteiger partial charge in [-0.3, -0.25) is 0 Å². The van der Waals surface area contributed by atoms with Gasteiger partial charge in [0.1, 0.15) is 18.0 Å². The van der Waals surface area contributed by atoms with Gasteiger partial charge in [0, 0.05) is 38.9 Å². The van der Waals surface area contributed by atoms with Crippen LogP contribution in [0.15, 0.2) is 24.0 Å². The molecule has 0 bridgehead atoms. The molecule has 1 atom stereocenters. The normalized spacial score (nSPS) is 22.5. The molecule has 5 nitrogen and oxygen atoms in total. The number of hydrogen-bond acceptors (Lipinski definition) is 5. The van der Waals surface area contributed by atoms with E-state index < -0.39 is 0 Å². The molecule has 132 valence electrons. The van der Waals surface area contributed by atoms with Crippen LogP contribution in [0.2, 0.25) is 0 Å². The fourth-order valence-electron chi connectivity index (χ4n) is 3.66. The van der Waals surface area contributed by atoms with Crippen LogP contribution in [0.3, 0.4) is 0 Å². The second-order valence-electron chi connectivity index (χ2n) is 8.05. The highest BCUT2D eigenvalue weighted by Crippen LogP contribution is 2.31. The number of aliphatic hydroxyl groups is 1.